The van der Waals surface area contributed by atoms with Gasteiger partial charge in [-0.1, -0.05) is 43.5 Å². The zero-order valence-electron chi connectivity index (χ0n) is 15.3. The number of hydrogen-bond donors (Lipinski definition) is 0. The maximum absolute atomic E-state index is 13.4. The van der Waals surface area contributed by atoms with Crippen LogP contribution in [0.2, 0.25) is 0 Å². The number of nitrogens with zero attached hydrogens (tertiary/aromatic N) is 1. The van der Waals surface area contributed by atoms with Crippen LogP contribution in [0.3, 0.4) is 0 Å². The first kappa shape index (κ1) is 17.4. The second-order valence-electron chi connectivity index (χ2n) is 7.64. The number of pyridine rings is 1. The van der Waals surface area contributed by atoms with E-state index in [1.54, 1.807) is 6.07 Å². The summed E-state index contributed by atoms with van der Waals surface area (Å²) in [6.45, 7) is 0. The molecule has 0 N–H and O–H groups in total. The van der Waals surface area contributed by atoms with Gasteiger partial charge >= 0.3 is 0 Å². The highest BCUT2D eigenvalue weighted by molar-refractivity contribution is 5.63. The van der Waals surface area contributed by atoms with Crippen LogP contribution in [0, 0.1) is 23.6 Å². The Hall–Kier alpha value is -2.00. The molecule has 3 heteroatoms. The van der Waals surface area contributed by atoms with Gasteiger partial charge in [0, 0.05) is 24.8 Å². The molecular weight excluding hydrogens is 325 g/mol. The average Bonchev–Trinajstić information content (AvgIpc) is 3.04. The molecule has 0 saturated heterocycles. The molecule has 0 amide bonds. The fourth-order valence-electron chi connectivity index (χ4n) is 4.84. The third kappa shape index (κ3) is 3.59. The summed E-state index contributed by atoms with van der Waals surface area (Å²) in [6.07, 6.45) is 13.2. The Morgan fingerprint density at radius 2 is 2.00 bits per heavy atom. The predicted molar refractivity (Wildman–Crippen MR) is 103 cm³/mol. The summed E-state index contributed by atoms with van der Waals surface area (Å²) in [5, 5.41) is 0. The van der Waals surface area contributed by atoms with Crippen molar-refractivity contribution in [3.05, 3.63) is 60.2 Å². The maximum Gasteiger partial charge on any atom is 0.123 e. The van der Waals surface area contributed by atoms with Crippen LogP contribution in [-0.2, 0) is 4.74 Å². The van der Waals surface area contributed by atoms with Crippen molar-refractivity contribution in [1.82, 2.24) is 4.98 Å². The maximum atomic E-state index is 13.4. The monoisotopic (exact) mass is 351 g/mol. The Labute approximate surface area is 155 Å². The number of methoxy groups -OCH3 is 1. The molecule has 2 aromatic rings. The van der Waals surface area contributed by atoms with E-state index in [0.717, 1.165) is 28.7 Å². The molecule has 2 fully saturated rings. The van der Waals surface area contributed by atoms with Gasteiger partial charge in [0.2, 0.25) is 0 Å². The summed E-state index contributed by atoms with van der Waals surface area (Å²) in [5.41, 5.74) is 2.73. The van der Waals surface area contributed by atoms with Crippen molar-refractivity contribution in [2.45, 2.75) is 38.2 Å². The number of hydrogen-bond acceptors (Lipinski definition) is 2. The smallest absolute Gasteiger partial charge is 0.123 e. The van der Waals surface area contributed by atoms with Gasteiger partial charge in [-0.2, -0.15) is 0 Å². The first-order chi connectivity index (χ1) is 12.7. The van der Waals surface area contributed by atoms with Crippen LogP contribution in [0.15, 0.2) is 48.7 Å². The highest BCUT2D eigenvalue weighted by Crippen LogP contribution is 2.47. The van der Waals surface area contributed by atoms with Gasteiger partial charge < -0.3 is 4.74 Å². The Bertz CT molecular complexity index is 770. The minimum absolute atomic E-state index is 0.222. The van der Waals surface area contributed by atoms with Crippen molar-refractivity contribution >= 4 is 6.08 Å². The Kier molecular flexibility index (Phi) is 5.16. The second-order valence-corrected chi connectivity index (χ2v) is 7.64. The van der Waals surface area contributed by atoms with Gasteiger partial charge in [0.25, 0.3) is 0 Å². The molecule has 1 unspecified atom stereocenters. The molecule has 26 heavy (non-hydrogen) atoms. The molecule has 1 heterocycles. The summed E-state index contributed by atoms with van der Waals surface area (Å²) in [4.78, 5) is 4.55. The summed E-state index contributed by atoms with van der Waals surface area (Å²) in [7, 11) is 1.84. The molecule has 0 radical (unpaired) electrons. The Morgan fingerprint density at radius 3 is 2.77 bits per heavy atom. The normalized spacial score (nSPS) is 28.4. The predicted octanol–water partition coefficient (Wildman–Crippen LogP) is 5.74. The zero-order chi connectivity index (χ0) is 17.9. The molecule has 2 saturated carbocycles. The average molecular weight is 351 g/mol. The molecule has 1 aromatic carbocycles. The minimum atomic E-state index is -0.222. The van der Waals surface area contributed by atoms with E-state index in [1.807, 2.05) is 31.5 Å². The van der Waals surface area contributed by atoms with Crippen molar-refractivity contribution in [3.63, 3.8) is 0 Å². The van der Waals surface area contributed by atoms with Crippen LogP contribution in [0.1, 0.15) is 37.8 Å². The van der Waals surface area contributed by atoms with Crippen LogP contribution in [-0.4, -0.2) is 18.2 Å². The van der Waals surface area contributed by atoms with E-state index in [1.165, 1.54) is 44.2 Å². The summed E-state index contributed by atoms with van der Waals surface area (Å²) in [5.74, 6) is 1.86. The molecule has 2 aliphatic rings. The van der Waals surface area contributed by atoms with Crippen LogP contribution < -0.4 is 0 Å². The molecule has 0 spiro atoms. The van der Waals surface area contributed by atoms with Crippen LogP contribution in [0.5, 0.6) is 0 Å². The number of rotatable bonds is 4. The number of ether oxygens (including phenoxy) is 1. The lowest BCUT2D eigenvalue weighted by Gasteiger charge is -2.28. The van der Waals surface area contributed by atoms with E-state index >= 15 is 0 Å². The Morgan fingerprint density at radius 1 is 1.12 bits per heavy atom. The second kappa shape index (κ2) is 7.71. The highest BCUT2D eigenvalue weighted by atomic mass is 19.1. The number of fused-ring (bicyclic) bond motifs is 1. The lowest BCUT2D eigenvalue weighted by molar-refractivity contribution is 0.0779. The Balaban J connectivity index is 1.49. The van der Waals surface area contributed by atoms with Gasteiger partial charge in [-0.05, 0) is 54.5 Å². The highest BCUT2D eigenvalue weighted by Gasteiger charge is 2.42. The third-order valence-electron chi connectivity index (χ3n) is 6.16. The van der Waals surface area contributed by atoms with Gasteiger partial charge in [0.1, 0.15) is 5.82 Å². The topological polar surface area (TPSA) is 22.1 Å². The zero-order valence-corrected chi connectivity index (χ0v) is 15.3. The van der Waals surface area contributed by atoms with Gasteiger partial charge in [0.05, 0.1) is 11.8 Å². The first-order valence-electron chi connectivity index (χ1n) is 9.67. The molecule has 4 rings (SSSR count). The summed E-state index contributed by atoms with van der Waals surface area (Å²) < 4.78 is 19.2. The van der Waals surface area contributed by atoms with E-state index in [0.29, 0.717) is 12.0 Å². The van der Waals surface area contributed by atoms with E-state index in [9.17, 15) is 4.39 Å². The lowest BCUT2D eigenvalue weighted by Crippen LogP contribution is -2.21. The van der Waals surface area contributed by atoms with Crippen LogP contribution in [0.4, 0.5) is 4.39 Å². The number of halogens is 1. The van der Waals surface area contributed by atoms with Gasteiger partial charge in [-0.25, -0.2) is 4.39 Å². The molecular formula is C23H26FNO. The van der Waals surface area contributed by atoms with Crippen molar-refractivity contribution in [1.29, 1.82) is 0 Å². The van der Waals surface area contributed by atoms with Gasteiger partial charge in [-0.3, -0.25) is 4.98 Å². The SMILES string of the molecule is COC1C[C@@H]2CCCC[C@@H]2[C@H]1/C=C/c1ccc(-c2cccc(F)c2)cn1. The third-order valence-corrected chi connectivity index (χ3v) is 6.16. The van der Waals surface area contributed by atoms with Crippen molar-refractivity contribution in [3.8, 4) is 11.1 Å². The molecule has 0 aliphatic heterocycles. The minimum Gasteiger partial charge on any atom is -0.381 e. The van der Waals surface area contributed by atoms with Gasteiger partial charge in [0.15, 0.2) is 0 Å². The van der Waals surface area contributed by atoms with Crippen molar-refractivity contribution in [2.24, 2.45) is 17.8 Å². The molecule has 1 aromatic heterocycles. The van der Waals surface area contributed by atoms with E-state index < -0.39 is 0 Å². The molecule has 0 bridgehead atoms. The summed E-state index contributed by atoms with van der Waals surface area (Å²) >= 11 is 0. The fraction of sp³-hybridized carbons (Fsp3) is 0.435. The number of aromatic nitrogens is 1. The molecule has 136 valence electrons. The van der Waals surface area contributed by atoms with Crippen molar-refractivity contribution in [2.75, 3.05) is 7.11 Å². The lowest BCUT2D eigenvalue weighted by atomic mass is 9.78. The van der Waals surface area contributed by atoms with Gasteiger partial charge in [-0.15, -0.1) is 0 Å². The number of benzene rings is 1. The largest absolute Gasteiger partial charge is 0.381 e. The van der Waals surface area contributed by atoms with E-state index in [2.05, 4.69) is 17.1 Å². The first-order valence-corrected chi connectivity index (χ1v) is 9.67. The van der Waals surface area contributed by atoms with E-state index in [4.69, 9.17) is 4.74 Å². The molecule has 2 aliphatic carbocycles. The fourth-order valence-corrected chi connectivity index (χ4v) is 4.84. The molecule has 4 atom stereocenters. The summed E-state index contributed by atoms with van der Waals surface area (Å²) in [6, 6.07) is 10.6. The van der Waals surface area contributed by atoms with Crippen LogP contribution in [0.25, 0.3) is 17.2 Å². The van der Waals surface area contributed by atoms with Crippen LogP contribution >= 0.6 is 0 Å². The van der Waals surface area contributed by atoms with Crippen molar-refractivity contribution < 1.29 is 9.13 Å². The standard InChI is InChI=1S/C23H26FNO/c1-26-23-14-17-5-2-3-8-21(17)22(23)12-11-20-10-9-18(15-25-20)16-6-4-7-19(24)13-16/h4,6-7,9-13,15,17,21-23H,2-3,5,8,14H2,1H3/b12-11+/t17-,21-,22+,23?/m0/s1. The van der Waals surface area contributed by atoms with E-state index in [-0.39, 0.29) is 5.82 Å². The quantitative estimate of drug-likeness (QED) is 0.700. The molecule has 2 nitrogen and oxygen atoms in total.